The van der Waals surface area contributed by atoms with Crippen molar-refractivity contribution in [2.75, 3.05) is 19.6 Å². The molecule has 2 heterocycles. The summed E-state index contributed by atoms with van der Waals surface area (Å²) in [5.41, 5.74) is -0.334. The summed E-state index contributed by atoms with van der Waals surface area (Å²) in [5.74, 6) is -0.624. The summed E-state index contributed by atoms with van der Waals surface area (Å²) in [6.45, 7) is 8.57. The number of benzene rings is 1. The molecule has 0 aliphatic carbocycles. The summed E-state index contributed by atoms with van der Waals surface area (Å²) in [6, 6.07) is 6.85. The van der Waals surface area contributed by atoms with Crippen molar-refractivity contribution in [2.45, 2.75) is 64.1 Å². The van der Waals surface area contributed by atoms with Crippen LogP contribution >= 0.6 is 24.0 Å². The van der Waals surface area contributed by atoms with Gasteiger partial charge in [-0.15, -0.1) is 12.4 Å². The van der Waals surface area contributed by atoms with E-state index < -0.39 is 11.6 Å². The van der Waals surface area contributed by atoms with Crippen LogP contribution < -0.4 is 0 Å². The van der Waals surface area contributed by atoms with E-state index in [1.54, 1.807) is 12.1 Å². The molecular formula is C21H32Cl2N2O4. The molecule has 1 aromatic carbocycles. The highest BCUT2D eigenvalue weighted by molar-refractivity contribution is 6.30. The normalized spacial score (nSPS) is 21.1. The van der Waals surface area contributed by atoms with Crippen LogP contribution in [0, 0.1) is 0 Å². The molecule has 6 nitrogen and oxygen atoms in total. The highest BCUT2D eigenvalue weighted by Gasteiger charge is 2.41. The number of halogens is 2. The van der Waals surface area contributed by atoms with Gasteiger partial charge in [-0.3, -0.25) is 9.69 Å². The van der Waals surface area contributed by atoms with E-state index in [9.17, 15) is 14.7 Å². The van der Waals surface area contributed by atoms with Gasteiger partial charge in [-0.25, -0.2) is 4.79 Å². The quantitative estimate of drug-likeness (QED) is 0.720. The van der Waals surface area contributed by atoms with E-state index >= 15 is 0 Å². The van der Waals surface area contributed by atoms with Crippen molar-refractivity contribution in [3.8, 4) is 0 Å². The van der Waals surface area contributed by atoms with Crippen molar-refractivity contribution >= 4 is 35.9 Å². The fourth-order valence-corrected chi connectivity index (χ4v) is 3.91. The second-order valence-electron chi connectivity index (χ2n) is 8.17. The number of piperazine rings is 1. The zero-order chi connectivity index (χ0) is 20.9. The summed E-state index contributed by atoms with van der Waals surface area (Å²) >= 11 is 5.52. The first-order valence-corrected chi connectivity index (χ1v) is 10.2. The van der Waals surface area contributed by atoms with Gasteiger partial charge in [0.05, 0.1) is 11.2 Å². The van der Waals surface area contributed by atoms with E-state index in [4.69, 9.17) is 16.7 Å². The van der Waals surface area contributed by atoms with Crippen LogP contribution in [-0.2, 0) is 4.79 Å². The number of amides is 1. The van der Waals surface area contributed by atoms with Gasteiger partial charge in [0, 0.05) is 43.2 Å². The smallest absolute Gasteiger partial charge is 0.335 e. The standard InChI is InChI=1S/C14H26N2O2.C7H5ClO2.ClH/c1-4-13(17)16-11-5-6-12(16)10-15(9-11)8-7-14(2,3)18;8-6-3-1-5(2-4-6)7(9)10;/h11-12,18H,4-10H2,1-3H3;1-4H,(H,9,10);1H. The lowest BCUT2D eigenvalue weighted by Gasteiger charge is -2.41. The van der Waals surface area contributed by atoms with Gasteiger partial charge >= 0.3 is 5.97 Å². The summed E-state index contributed by atoms with van der Waals surface area (Å²) in [5, 5.41) is 18.8. The average molecular weight is 447 g/mol. The molecule has 8 heteroatoms. The Morgan fingerprint density at radius 1 is 1.14 bits per heavy atom. The Balaban J connectivity index is 0.000000327. The Kier molecular flexibility index (Phi) is 9.89. The van der Waals surface area contributed by atoms with Crippen molar-refractivity contribution in [3.05, 3.63) is 34.9 Å². The largest absolute Gasteiger partial charge is 0.478 e. The molecule has 1 amide bonds. The lowest BCUT2D eigenvalue weighted by Crippen LogP contribution is -2.56. The predicted molar refractivity (Wildman–Crippen MR) is 117 cm³/mol. The average Bonchev–Trinajstić information content (AvgIpc) is 2.90. The molecular weight excluding hydrogens is 415 g/mol. The number of nitrogens with zero attached hydrogens (tertiary/aromatic N) is 2. The summed E-state index contributed by atoms with van der Waals surface area (Å²) < 4.78 is 0. The van der Waals surface area contributed by atoms with Crippen molar-refractivity contribution in [3.63, 3.8) is 0 Å². The van der Waals surface area contributed by atoms with Gasteiger partial charge in [0.1, 0.15) is 0 Å². The highest BCUT2D eigenvalue weighted by Crippen LogP contribution is 2.31. The number of carbonyl (C=O) groups is 2. The molecule has 2 saturated heterocycles. The van der Waals surface area contributed by atoms with Gasteiger partial charge in [0.25, 0.3) is 0 Å². The number of hydrogen-bond donors (Lipinski definition) is 2. The molecule has 0 aromatic heterocycles. The SMILES string of the molecule is CCC(=O)N1C2CCC1CN(CCC(C)(C)O)C2.Cl.O=C(O)c1ccc(Cl)cc1. The van der Waals surface area contributed by atoms with Crippen LogP contribution in [0.1, 0.15) is 56.8 Å². The van der Waals surface area contributed by atoms with Gasteiger partial charge in [-0.2, -0.15) is 0 Å². The van der Waals surface area contributed by atoms with Gasteiger partial charge in [0.2, 0.25) is 5.91 Å². The molecule has 2 N–H and O–H groups in total. The molecule has 3 rings (SSSR count). The molecule has 29 heavy (non-hydrogen) atoms. The number of aliphatic hydroxyl groups is 1. The molecule has 2 fully saturated rings. The predicted octanol–water partition coefficient (Wildman–Crippen LogP) is 3.69. The van der Waals surface area contributed by atoms with E-state index in [0.29, 0.717) is 29.4 Å². The number of carboxylic acid groups (broad SMARTS) is 1. The molecule has 1 aromatic rings. The Morgan fingerprint density at radius 3 is 2.07 bits per heavy atom. The summed E-state index contributed by atoms with van der Waals surface area (Å²) in [4.78, 5) is 26.7. The van der Waals surface area contributed by atoms with Gasteiger partial charge in [-0.1, -0.05) is 18.5 Å². The van der Waals surface area contributed by atoms with Crippen molar-refractivity contribution in [1.82, 2.24) is 9.80 Å². The third kappa shape index (κ3) is 7.78. The number of aromatic carboxylic acids is 1. The zero-order valence-corrected chi connectivity index (χ0v) is 18.9. The number of likely N-dealkylation sites (tertiary alicyclic amines) is 1. The number of rotatable bonds is 5. The summed E-state index contributed by atoms with van der Waals surface area (Å²) in [7, 11) is 0. The number of carbonyl (C=O) groups excluding carboxylic acids is 1. The van der Waals surface area contributed by atoms with Crippen LogP contribution in [0.4, 0.5) is 0 Å². The van der Waals surface area contributed by atoms with E-state index in [0.717, 1.165) is 38.9 Å². The van der Waals surface area contributed by atoms with Gasteiger partial charge in [-0.05, 0) is 57.4 Å². The maximum absolute atomic E-state index is 11.9. The highest BCUT2D eigenvalue weighted by atomic mass is 35.5. The topological polar surface area (TPSA) is 81.1 Å². The molecule has 2 unspecified atom stereocenters. The molecule has 2 atom stereocenters. The Bertz CT molecular complexity index is 662. The lowest BCUT2D eigenvalue weighted by atomic mass is 10.0. The Labute approximate surface area is 184 Å². The van der Waals surface area contributed by atoms with Crippen LogP contribution in [0.15, 0.2) is 24.3 Å². The molecule has 2 aliphatic heterocycles. The fourth-order valence-electron chi connectivity index (χ4n) is 3.79. The van der Waals surface area contributed by atoms with Crippen molar-refractivity contribution < 1.29 is 19.8 Å². The zero-order valence-electron chi connectivity index (χ0n) is 17.3. The third-order valence-electron chi connectivity index (χ3n) is 5.28. The van der Waals surface area contributed by atoms with E-state index in [-0.39, 0.29) is 18.0 Å². The third-order valence-corrected chi connectivity index (χ3v) is 5.53. The number of carboxylic acids is 1. The molecule has 2 bridgehead atoms. The second-order valence-corrected chi connectivity index (χ2v) is 8.61. The van der Waals surface area contributed by atoms with E-state index in [1.165, 1.54) is 12.1 Å². The first-order valence-electron chi connectivity index (χ1n) is 9.85. The van der Waals surface area contributed by atoms with Crippen LogP contribution in [0.25, 0.3) is 0 Å². The summed E-state index contributed by atoms with van der Waals surface area (Å²) in [6.07, 6.45) is 3.72. The molecule has 0 spiro atoms. The Hall–Kier alpha value is -1.34. The van der Waals surface area contributed by atoms with Crippen LogP contribution in [0.3, 0.4) is 0 Å². The minimum atomic E-state index is -0.934. The van der Waals surface area contributed by atoms with E-state index in [2.05, 4.69) is 9.80 Å². The number of fused-ring (bicyclic) bond motifs is 2. The maximum Gasteiger partial charge on any atom is 0.335 e. The second kappa shape index (κ2) is 11.2. The van der Waals surface area contributed by atoms with Crippen molar-refractivity contribution in [2.24, 2.45) is 0 Å². The lowest BCUT2D eigenvalue weighted by molar-refractivity contribution is -0.136. The molecule has 164 valence electrons. The maximum atomic E-state index is 11.9. The van der Waals surface area contributed by atoms with E-state index in [1.807, 2.05) is 20.8 Å². The minimum absolute atomic E-state index is 0. The van der Waals surface area contributed by atoms with Crippen LogP contribution in [-0.4, -0.2) is 69.2 Å². The molecule has 2 aliphatic rings. The first kappa shape index (κ1) is 25.7. The van der Waals surface area contributed by atoms with Gasteiger partial charge in [0.15, 0.2) is 0 Å². The van der Waals surface area contributed by atoms with Crippen LogP contribution in [0.2, 0.25) is 5.02 Å². The fraction of sp³-hybridized carbons (Fsp3) is 0.619. The van der Waals surface area contributed by atoms with Crippen molar-refractivity contribution in [1.29, 1.82) is 0 Å². The molecule has 0 radical (unpaired) electrons. The monoisotopic (exact) mass is 446 g/mol. The first-order chi connectivity index (χ1) is 13.1. The number of hydrogen-bond acceptors (Lipinski definition) is 4. The Morgan fingerprint density at radius 2 is 1.66 bits per heavy atom. The minimum Gasteiger partial charge on any atom is -0.478 e. The molecule has 0 saturated carbocycles. The van der Waals surface area contributed by atoms with Gasteiger partial charge < -0.3 is 15.1 Å². The van der Waals surface area contributed by atoms with Crippen LogP contribution in [0.5, 0.6) is 0 Å².